The Morgan fingerprint density at radius 3 is 2.35 bits per heavy atom. The highest BCUT2D eigenvalue weighted by atomic mass is 16.6. The fourth-order valence-electron chi connectivity index (χ4n) is 2.09. The lowest BCUT2D eigenvalue weighted by Gasteiger charge is -2.40. The predicted octanol–water partition coefficient (Wildman–Crippen LogP) is 2.54. The van der Waals surface area contributed by atoms with Gasteiger partial charge in [-0.3, -0.25) is 19.8 Å². The second-order valence-electron chi connectivity index (χ2n) is 6.27. The number of hydrogen-bond donors (Lipinski definition) is 1. The predicted molar refractivity (Wildman–Crippen MR) is 83.1 cm³/mol. The summed E-state index contributed by atoms with van der Waals surface area (Å²) in [6, 6.07) is 4.93. The number of anilines is 1. The molecule has 1 fully saturated rings. The summed E-state index contributed by atoms with van der Waals surface area (Å²) in [4.78, 5) is 35.6. The van der Waals surface area contributed by atoms with E-state index in [-0.39, 0.29) is 11.6 Å². The van der Waals surface area contributed by atoms with Crippen LogP contribution in [0.15, 0.2) is 24.3 Å². The topological polar surface area (TPSA) is 102 Å². The van der Waals surface area contributed by atoms with Crippen LogP contribution in [0, 0.1) is 10.1 Å². The molecule has 0 aliphatic carbocycles. The number of nitro benzene ring substituents is 1. The summed E-state index contributed by atoms with van der Waals surface area (Å²) in [6.45, 7) is 5.75. The summed E-state index contributed by atoms with van der Waals surface area (Å²) in [5, 5.41) is 13.2. The van der Waals surface area contributed by atoms with Gasteiger partial charge in [-0.2, -0.15) is 0 Å². The molecule has 1 heterocycles. The molecule has 23 heavy (non-hydrogen) atoms. The van der Waals surface area contributed by atoms with Gasteiger partial charge in [0, 0.05) is 24.4 Å². The zero-order chi connectivity index (χ0) is 17.2. The summed E-state index contributed by atoms with van der Waals surface area (Å²) >= 11 is 0. The lowest BCUT2D eigenvalue weighted by Crippen LogP contribution is -2.57. The number of amides is 2. The number of non-ortho nitro benzene ring substituents is 1. The van der Waals surface area contributed by atoms with Crippen LogP contribution in [0.5, 0.6) is 0 Å². The van der Waals surface area contributed by atoms with Crippen molar-refractivity contribution >= 4 is 23.4 Å². The van der Waals surface area contributed by atoms with Crippen LogP contribution in [-0.2, 0) is 9.53 Å². The Balaban J connectivity index is 1.95. The Kier molecular flexibility index (Phi) is 4.53. The summed E-state index contributed by atoms with van der Waals surface area (Å²) in [5.41, 5.74) is -0.231. The van der Waals surface area contributed by atoms with Crippen LogP contribution >= 0.6 is 0 Å². The minimum atomic E-state index is -0.619. The maximum Gasteiger partial charge on any atom is 0.410 e. The van der Waals surface area contributed by atoms with Crippen molar-refractivity contribution in [2.24, 2.45) is 0 Å². The van der Waals surface area contributed by atoms with Gasteiger partial charge in [0.1, 0.15) is 11.6 Å². The van der Waals surface area contributed by atoms with Gasteiger partial charge in [-0.1, -0.05) is 0 Å². The first-order chi connectivity index (χ1) is 10.7. The fourth-order valence-corrected chi connectivity index (χ4v) is 2.09. The molecule has 2 rings (SSSR count). The van der Waals surface area contributed by atoms with Crippen LogP contribution in [0.4, 0.5) is 16.2 Å². The first-order valence-corrected chi connectivity index (χ1v) is 7.22. The number of ether oxygens (including phenoxy) is 1. The van der Waals surface area contributed by atoms with Gasteiger partial charge < -0.3 is 10.1 Å². The molecule has 2 amide bonds. The van der Waals surface area contributed by atoms with Crippen LogP contribution < -0.4 is 5.32 Å². The number of nitrogens with zero attached hydrogens (tertiary/aromatic N) is 2. The molecule has 1 atom stereocenters. The highest BCUT2D eigenvalue weighted by Gasteiger charge is 2.39. The SMILES string of the molecule is CC(C)(C)OC(=O)N1CC[C@H]1C(=O)Nc1ccc([N+](=O)[O-])cc1. The van der Waals surface area contributed by atoms with Crippen molar-refractivity contribution in [3.63, 3.8) is 0 Å². The van der Waals surface area contributed by atoms with Crippen molar-refractivity contribution in [1.29, 1.82) is 0 Å². The van der Waals surface area contributed by atoms with Crippen molar-refractivity contribution in [2.45, 2.75) is 38.8 Å². The van der Waals surface area contributed by atoms with Gasteiger partial charge in [0.15, 0.2) is 0 Å². The van der Waals surface area contributed by atoms with Crippen LogP contribution in [0.25, 0.3) is 0 Å². The zero-order valence-corrected chi connectivity index (χ0v) is 13.2. The summed E-state index contributed by atoms with van der Waals surface area (Å²) in [6.07, 6.45) is 0.0329. The number of carbonyl (C=O) groups is 2. The van der Waals surface area contributed by atoms with E-state index in [1.165, 1.54) is 29.2 Å². The molecule has 1 saturated heterocycles. The molecule has 0 bridgehead atoms. The average molecular weight is 321 g/mol. The first kappa shape index (κ1) is 16.7. The van der Waals surface area contributed by atoms with Crippen molar-refractivity contribution in [1.82, 2.24) is 4.90 Å². The molecule has 1 N–H and O–H groups in total. The number of nitrogens with one attached hydrogen (secondary N) is 1. The zero-order valence-electron chi connectivity index (χ0n) is 13.2. The van der Waals surface area contributed by atoms with E-state index in [9.17, 15) is 19.7 Å². The second-order valence-corrected chi connectivity index (χ2v) is 6.27. The van der Waals surface area contributed by atoms with Gasteiger partial charge in [0.2, 0.25) is 5.91 Å². The molecule has 1 aliphatic heterocycles. The molecule has 124 valence electrons. The standard InChI is InChI=1S/C15H19N3O5/c1-15(2,3)23-14(20)17-9-8-12(17)13(19)16-10-4-6-11(7-5-10)18(21)22/h4-7,12H,8-9H2,1-3H3,(H,16,19)/t12-/m0/s1. The molecule has 0 spiro atoms. The van der Waals surface area contributed by atoms with Crippen LogP contribution in [0.1, 0.15) is 27.2 Å². The minimum absolute atomic E-state index is 0.0537. The molecule has 0 radical (unpaired) electrons. The molecular formula is C15H19N3O5. The Morgan fingerprint density at radius 1 is 1.30 bits per heavy atom. The van der Waals surface area contributed by atoms with E-state index >= 15 is 0 Å². The largest absolute Gasteiger partial charge is 0.444 e. The van der Waals surface area contributed by atoms with Crippen molar-refractivity contribution < 1.29 is 19.2 Å². The van der Waals surface area contributed by atoms with Gasteiger partial charge in [-0.25, -0.2) is 4.79 Å². The molecule has 1 aromatic carbocycles. The van der Waals surface area contributed by atoms with E-state index in [1.807, 2.05) is 0 Å². The highest BCUT2D eigenvalue weighted by molar-refractivity contribution is 5.97. The van der Waals surface area contributed by atoms with Gasteiger partial charge >= 0.3 is 6.09 Å². The van der Waals surface area contributed by atoms with Crippen molar-refractivity contribution in [2.75, 3.05) is 11.9 Å². The number of carbonyl (C=O) groups excluding carboxylic acids is 2. The first-order valence-electron chi connectivity index (χ1n) is 7.22. The van der Waals surface area contributed by atoms with E-state index < -0.39 is 22.7 Å². The summed E-state index contributed by atoms with van der Waals surface area (Å²) in [5.74, 6) is -0.337. The number of benzene rings is 1. The molecule has 8 nitrogen and oxygen atoms in total. The van der Waals surface area contributed by atoms with E-state index in [0.717, 1.165) is 0 Å². The van der Waals surface area contributed by atoms with Crippen molar-refractivity contribution in [3.8, 4) is 0 Å². The summed E-state index contributed by atoms with van der Waals surface area (Å²) < 4.78 is 5.25. The van der Waals surface area contributed by atoms with E-state index in [4.69, 9.17) is 4.74 Å². The minimum Gasteiger partial charge on any atom is -0.444 e. The molecule has 0 unspecified atom stereocenters. The quantitative estimate of drug-likeness (QED) is 0.681. The number of hydrogen-bond acceptors (Lipinski definition) is 5. The lowest BCUT2D eigenvalue weighted by atomic mass is 10.0. The van der Waals surface area contributed by atoms with Gasteiger partial charge in [0.25, 0.3) is 5.69 Å². The maximum absolute atomic E-state index is 12.2. The number of rotatable bonds is 3. The molecular weight excluding hydrogens is 302 g/mol. The molecule has 0 saturated carbocycles. The van der Waals surface area contributed by atoms with E-state index in [1.54, 1.807) is 20.8 Å². The molecule has 1 aliphatic rings. The fraction of sp³-hybridized carbons (Fsp3) is 0.467. The molecule has 8 heteroatoms. The molecule has 1 aromatic rings. The monoisotopic (exact) mass is 321 g/mol. The smallest absolute Gasteiger partial charge is 0.410 e. The lowest BCUT2D eigenvalue weighted by molar-refractivity contribution is -0.384. The van der Waals surface area contributed by atoms with Gasteiger partial charge in [-0.15, -0.1) is 0 Å². The van der Waals surface area contributed by atoms with Crippen molar-refractivity contribution in [3.05, 3.63) is 34.4 Å². The molecule has 0 aromatic heterocycles. The van der Waals surface area contributed by atoms with E-state index in [2.05, 4.69) is 5.32 Å². The maximum atomic E-state index is 12.2. The normalized spacial score (nSPS) is 17.2. The van der Waals surface area contributed by atoms with Gasteiger partial charge in [0.05, 0.1) is 4.92 Å². The Hall–Kier alpha value is -2.64. The van der Waals surface area contributed by atoms with E-state index in [0.29, 0.717) is 18.7 Å². The Bertz CT molecular complexity index is 621. The average Bonchev–Trinajstić information content (AvgIpc) is 2.35. The third-order valence-corrected chi connectivity index (χ3v) is 3.30. The summed E-state index contributed by atoms with van der Waals surface area (Å²) in [7, 11) is 0. The number of nitro groups is 1. The Labute approximate surface area is 133 Å². The third kappa shape index (κ3) is 4.18. The van der Waals surface area contributed by atoms with Crippen LogP contribution in [0.3, 0.4) is 0 Å². The van der Waals surface area contributed by atoms with Gasteiger partial charge in [-0.05, 0) is 39.3 Å². The second kappa shape index (κ2) is 6.23. The Morgan fingerprint density at radius 2 is 1.91 bits per heavy atom. The number of likely N-dealkylation sites (tertiary alicyclic amines) is 1. The third-order valence-electron chi connectivity index (χ3n) is 3.30. The highest BCUT2D eigenvalue weighted by Crippen LogP contribution is 2.23. The van der Waals surface area contributed by atoms with Crippen LogP contribution in [0.2, 0.25) is 0 Å². The van der Waals surface area contributed by atoms with Crippen LogP contribution in [-0.4, -0.2) is 40.0 Å².